The molecule has 3 N–H and O–H groups in total. The van der Waals surface area contributed by atoms with Crippen molar-refractivity contribution in [2.75, 3.05) is 7.11 Å². The lowest BCUT2D eigenvalue weighted by Gasteiger charge is -2.10. The first-order chi connectivity index (χ1) is 6.80. The molecule has 0 fully saturated rings. The number of ether oxygens (including phenoxy) is 1. The molecule has 0 bridgehead atoms. The summed E-state index contributed by atoms with van der Waals surface area (Å²) in [6.07, 6.45) is 4.31. The van der Waals surface area contributed by atoms with Gasteiger partial charge in [0.1, 0.15) is 0 Å². The normalized spacial score (nSPS) is 12.1. The maximum atomic E-state index is 5.32. The van der Waals surface area contributed by atoms with Crippen molar-refractivity contribution in [3.05, 3.63) is 36.5 Å². The highest BCUT2D eigenvalue weighted by atomic mass is 16.5. The monoisotopic (exact) mass is 193 g/mol. The van der Waals surface area contributed by atoms with Gasteiger partial charge in [-0.1, -0.05) is 12.1 Å². The van der Waals surface area contributed by atoms with Crippen molar-refractivity contribution in [2.45, 2.75) is 12.5 Å². The number of methoxy groups -OCH3 is 1. The van der Waals surface area contributed by atoms with Crippen molar-refractivity contribution in [1.82, 2.24) is 10.4 Å². The van der Waals surface area contributed by atoms with E-state index in [2.05, 4.69) is 17.0 Å². The van der Waals surface area contributed by atoms with Gasteiger partial charge in [0.25, 0.3) is 0 Å². The van der Waals surface area contributed by atoms with Crippen LogP contribution in [0.25, 0.3) is 0 Å². The first-order valence-corrected chi connectivity index (χ1v) is 4.37. The Hall–Kier alpha value is -1.39. The predicted octanol–water partition coefficient (Wildman–Crippen LogP) is 0.651. The average molecular weight is 193 g/mol. The number of nitrogens with one attached hydrogen (secondary N) is 1. The summed E-state index contributed by atoms with van der Waals surface area (Å²) < 4.78 is 4.96. The second-order valence-corrected chi connectivity index (χ2v) is 2.92. The molecule has 1 atom stereocenters. The number of hydrazine groups is 1. The van der Waals surface area contributed by atoms with Gasteiger partial charge in [0.15, 0.2) is 0 Å². The predicted molar refractivity (Wildman–Crippen MR) is 55.8 cm³/mol. The van der Waals surface area contributed by atoms with Gasteiger partial charge in [-0.3, -0.25) is 11.3 Å². The fourth-order valence-corrected chi connectivity index (χ4v) is 1.12. The Morgan fingerprint density at radius 3 is 2.93 bits per heavy atom. The van der Waals surface area contributed by atoms with E-state index in [0.29, 0.717) is 5.88 Å². The second kappa shape index (κ2) is 5.36. The third-order valence-electron chi connectivity index (χ3n) is 1.96. The van der Waals surface area contributed by atoms with Crippen molar-refractivity contribution < 1.29 is 4.74 Å². The SMILES string of the molecule is C=CC(Cc1ccc(OC)nc1)NN. The maximum absolute atomic E-state index is 5.32. The van der Waals surface area contributed by atoms with E-state index in [0.717, 1.165) is 12.0 Å². The molecule has 14 heavy (non-hydrogen) atoms. The van der Waals surface area contributed by atoms with E-state index in [-0.39, 0.29) is 6.04 Å². The molecule has 1 unspecified atom stereocenters. The lowest BCUT2D eigenvalue weighted by Crippen LogP contribution is -2.34. The molecule has 0 aliphatic rings. The van der Waals surface area contributed by atoms with Crippen LogP contribution in [0.15, 0.2) is 31.0 Å². The van der Waals surface area contributed by atoms with Crippen LogP contribution in [0.1, 0.15) is 5.56 Å². The second-order valence-electron chi connectivity index (χ2n) is 2.92. The van der Waals surface area contributed by atoms with Crippen LogP contribution in [0.3, 0.4) is 0 Å². The summed E-state index contributed by atoms with van der Waals surface area (Å²) in [6.45, 7) is 3.67. The van der Waals surface area contributed by atoms with Crippen LogP contribution >= 0.6 is 0 Å². The Bertz CT molecular complexity index is 284. The molecular formula is C10H15N3O. The van der Waals surface area contributed by atoms with Gasteiger partial charge in [-0.25, -0.2) is 4.98 Å². The van der Waals surface area contributed by atoms with E-state index in [1.165, 1.54) is 0 Å². The van der Waals surface area contributed by atoms with E-state index in [1.54, 1.807) is 19.4 Å². The highest BCUT2D eigenvalue weighted by molar-refractivity contribution is 5.19. The summed E-state index contributed by atoms with van der Waals surface area (Å²) in [7, 11) is 1.59. The summed E-state index contributed by atoms with van der Waals surface area (Å²) in [6, 6.07) is 3.86. The van der Waals surface area contributed by atoms with Gasteiger partial charge < -0.3 is 4.74 Å². The molecule has 0 saturated carbocycles. The van der Waals surface area contributed by atoms with Gasteiger partial charge in [0, 0.05) is 18.3 Å². The minimum Gasteiger partial charge on any atom is -0.481 e. The zero-order valence-electron chi connectivity index (χ0n) is 8.23. The van der Waals surface area contributed by atoms with Crippen LogP contribution in [-0.2, 0) is 6.42 Å². The molecule has 1 aromatic rings. The first-order valence-electron chi connectivity index (χ1n) is 4.37. The molecule has 0 amide bonds. The van der Waals surface area contributed by atoms with Gasteiger partial charge in [-0.15, -0.1) is 6.58 Å². The minimum absolute atomic E-state index is 0.0743. The maximum Gasteiger partial charge on any atom is 0.212 e. The molecule has 4 nitrogen and oxygen atoms in total. The van der Waals surface area contributed by atoms with Crippen LogP contribution in [0, 0.1) is 0 Å². The van der Waals surface area contributed by atoms with Crippen molar-refractivity contribution >= 4 is 0 Å². The lowest BCUT2D eigenvalue weighted by atomic mass is 10.1. The van der Waals surface area contributed by atoms with Crippen molar-refractivity contribution in [1.29, 1.82) is 0 Å². The summed E-state index contributed by atoms with van der Waals surface area (Å²) in [5, 5.41) is 0. The van der Waals surface area contributed by atoms with Crippen LogP contribution < -0.4 is 16.0 Å². The Kier molecular flexibility index (Phi) is 4.10. The third kappa shape index (κ3) is 2.83. The van der Waals surface area contributed by atoms with E-state index < -0.39 is 0 Å². The molecule has 0 saturated heterocycles. The highest BCUT2D eigenvalue weighted by Crippen LogP contribution is 2.08. The number of pyridine rings is 1. The molecule has 1 aromatic heterocycles. The molecule has 0 spiro atoms. The number of aromatic nitrogens is 1. The zero-order valence-corrected chi connectivity index (χ0v) is 8.23. The average Bonchev–Trinajstić information content (AvgIpc) is 2.26. The minimum atomic E-state index is 0.0743. The fraction of sp³-hybridized carbons (Fsp3) is 0.300. The number of nitrogens with two attached hydrogens (primary N) is 1. The molecular weight excluding hydrogens is 178 g/mol. The van der Waals surface area contributed by atoms with Crippen molar-refractivity contribution in [3.8, 4) is 5.88 Å². The van der Waals surface area contributed by atoms with E-state index in [1.807, 2.05) is 12.1 Å². The Balaban J connectivity index is 2.63. The number of rotatable bonds is 5. The fourth-order valence-electron chi connectivity index (χ4n) is 1.12. The zero-order chi connectivity index (χ0) is 10.4. The standard InChI is InChI=1S/C10H15N3O/c1-3-9(13-11)6-8-4-5-10(14-2)12-7-8/h3-5,7,9,13H,1,6,11H2,2H3. The topological polar surface area (TPSA) is 60.2 Å². The van der Waals surface area contributed by atoms with E-state index in [9.17, 15) is 0 Å². The third-order valence-corrected chi connectivity index (χ3v) is 1.96. The summed E-state index contributed by atoms with van der Waals surface area (Å²) in [5.74, 6) is 5.94. The van der Waals surface area contributed by atoms with Crippen LogP contribution in [0.2, 0.25) is 0 Å². The molecule has 0 radical (unpaired) electrons. The van der Waals surface area contributed by atoms with Crippen molar-refractivity contribution in [2.24, 2.45) is 5.84 Å². The number of hydrogen-bond donors (Lipinski definition) is 2. The summed E-state index contributed by atoms with van der Waals surface area (Å²) in [5.41, 5.74) is 3.74. The summed E-state index contributed by atoms with van der Waals surface area (Å²) in [4.78, 5) is 4.09. The van der Waals surface area contributed by atoms with E-state index >= 15 is 0 Å². The summed E-state index contributed by atoms with van der Waals surface area (Å²) >= 11 is 0. The Labute approximate surface area is 83.8 Å². The first kappa shape index (κ1) is 10.7. The molecule has 0 aliphatic heterocycles. The molecule has 76 valence electrons. The molecule has 0 aromatic carbocycles. The Morgan fingerprint density at radius 2 is 2.50 bits per heavy atom. The molecule has 1 rings (SSSR count). The smallest absolute Gasteiger partial charge is 0.212 e. The van der Waals surface area contributed by atoms with Crippen molar-refractivity contribution in [3.63, 3.8) is 0 Å². The van der Waals surface area contributed by atoms with Crippen LogP contribution in [-0.4, -0.2) is 18.1 Å². The van der Waals surface area contributed by atoms with Gasteiger partial charge >= 0.3 is 0 Å². The Morgan fingerprint density at radius 1 is 1.71 bits per heavy atom. The van der Waals surface area contributed by atoms with Gasteiger partial charge in [0.2, 0.25) is 5.88 Å². The van der Waals surface area contributed by atoms with Crippen LogP contribution in [0.4, 0.5) is 0 Å². The lowest BCUT2D eigenvalue weighted by molar-refractivity contribution is 0.397. The quantitative estimate of drug-likeness (QED) is 0.409. The van der Waals surface area contributed by atoms with Gasteiger partial charge in [-0.05, 0) is 12.0 Å². The van der Waals surface area contributed by atoms with Gasteiger partial charge in [-0.2, -0.15) is 0 Å². The molecule has 1 heterocycles. The molecule has 4 heteroatoms. The van der Waals surface area contributed by atoms with Crippen LogP contribution in [0.5, 0.6) is 5.88 Å². The van der Waals surface area contributed by atoms with Gasteiger partial charge in [0.05, 0.1) is 7.11 Å². The number of nitrogens with zero attached hydrogens (tertiary/aromatic N) is 1. The van der Waals surface area contributed by atoms with E-state index in [4.69, 9.17) is 10.6 Å². The molecule has 0 aliphatic carbocycles. The number of hydrogen-bond acceptors (Lipinski definition) is 4. The highest BCUT2D eigenvalue weighted by Gasteiger charge is 2.03. The largest absolute Gasteiger partial charge is 0.481 e.